The highest BCUT2D eigenvalue weighted by Gasteiger charge is 2.14. The summed E-state index contributed by atoms with van der Waals surface area (Å²) < 4.78 is 2.07. The maximum Gasteiger partial charge on any atom is 0.313 e. The first kappa shape index (κ1) is 14.7. The molecule has 0 fully saturated rings. The summed E-state index contributed by atoms with van der Waals surface area (Å²) in [7, 11) is 0. The Bertz CT molecular complexity index is 635. The topological polar surface area (TPSA) is 55.1 Å². The van der Waals surface area contributed by atoms with Gasteiger partial charge in [-0.05, 0) is 37.5 Å². The van der Waals surface area contributed by atoms with E-state index in [-0.39, 0.29) is 5.75 Å². The van der Waals surface area contributed by atoms with Gasteiger partial charge in [-0.15, -0.1) is 0 Å². The zero-order valence-corrected chi connectivity index (χ0v) is 12.7. The molecule has 0 aliphatic rings. The van der Waals surface area contributed by atoms with Crippen LogP contribution >= 0.6 is 11.8 Å². The Balaban J connectivity index is 2.50. The maximum absolute atomic E-state index is 10.8. The molecule has 1 heterocycles. The van der Waals surface area contributed by atoms with Crippen LogP contribution in [-0.4, -0.2) is 26.4 Å². The summed E-state index contributed by atoms with van der Waals surface area (Å²) in [4.78, 5) is 15.1. The quantitative estimate of drug-likeness (QED) is 0.859. The number of carboxylic acid groups (broad SMARTS) is 1. The number of rotatable bonds is 5. The summed E-state index contributed by atoms with van der Waals surface area (Å²) in [6.07, 6.45) is 2.68. The molecule has 0 aliphatic heterocycles. The van der Waals surface area contributed by atoms with Crippen molar-refractivity contribution in [1.82, 2.24) is 9.55 Å². The van der Waals surface area contributed by atoms with Crippen molar-refractivity contribution in [3.8, 4) is 5.69 Å². The molecule has 2 rings (SSSR count). The lowest BCUT2D eigenvalue weighted by molar-refractivity contribution is -0.133. The van der Waals surface area contributed by atoms with E-state index in [1.165, 1.54) is 17.3 Å². The normalized spacial score (nSPS) is 10.8. The third-order valence-electron chi connectivity index (χ3n) is 3.10. The summed E-state index contributed by atoms with van der Waals surface area (Å²) in [5, 5.41) is 9.58. The van der Waals surface area contributed by atoms with Crippen molar-refractivity contribution < 1.29 is 9.90 Å². The van der Waals surface area contributed by atoms with Crippen molar-refractivity contribution in [2.75, 3.05) is 5.75 Å². The SMILES string of the molecule is CCc1cnc(SCC(=O)O)n1-c1cc(C)ccc1C. The molecule has 0 amide bonds. The highest BCUT2D eigenvalue weighted by atomic mass is 32.2. The van der Waals surface area contributed by atoms with Crippen molar-refractivity contribution in [2.45, 2.75) is 32.3 Å². The first-order chi connectivity index (χ1) is 9.52. The molecule has 0 radical (unpaired) electrons. The van der Waals surface area contributed by atoms with E-state index in [2.05, 4.69) is 48.5 Å². The molecule has 20 heavy (non-hydrogen) atoms. The van der Waals surface area contributed by atoms with Gasteiger partial charge >= 0.3 is 5.97 Å². The molecule has 0 spiro atoms. The van der Waals surface area contributed by atoms with Gasteiger partial charge in [-0.25, -0.2) is 4.98 Å². The number of aryl methyl sites for hydroxylation is 3. The molecule has 0 aliphatic carbocycles. The first-order valence-electron chi connectivity index (χ1n) is 6.51. The van der Waals surface area contributed by atoms with E-state index in [1.807, 2.05) is 6.20 Å². The molecule has 106 valence electrons. The molecular weight excluding hydrogens is 272 g/mol. The second-order valence-electron chi connectivity index (χ2n) is 4.69. The molecule has 1 aromatic heterocycles. The van der Waals surface area contributed by atoms with Gasteiger partial charge in [-0.3, -0.25) is 9.36 Å². The van der Waals surface area contributed by atoms with E-state index in [0.29, 0.717) is 0 Å². The van der Waals surface area contributed by atoms with Crippen LogP contribution in [0.25, 0.3) is 5.69 Å². The number of imidazole rings is 1. The van der Waals surface area contributed by atoms with Crippen molar-refractivity contribution >= 4 is 17.7 Å². The van der Waals surface area contributed by atoms with E-state index in [0.717, 1.165) is 28.5 Å². The van der Waals surface area contributed by atoms with E-state index in [1.54, 1.807) is 0 Å². The van der Waals surface area contributed by atoms with Crippen LogP contribution in [0.1, 0.15) is 23.7 Å². The Hall–Kier alpha value is -1.75. The third-order valence-corrected chi connectivity index (χ3v) is 4.03. The van der Waals surface area contributed by atoms with E-state index in [9.17, 15) is 4.79 Å². The van der Waals surface area contributed by atoms with Crippen molar-refractivity contribution in [2.24, 2.45) is 0 Å². The number of thioether (sulfide) groups is 1. The summed E-state index contributed by atoms with van der Waals surface area (Å²) in [5.74, 6) is -0.811. The number of benzene rings is 1. The van der Waals surface area contributed by atoms with Crippen LogP contribution in [0.2, 0.25) is 0 Å². The summed E-state index contributed by atoms with van der Waals surface area (Å²) in [5.41, 5.74) is 4.50. The second-order valence-corrected chi connectivity index (χ2v) is 5.64. The number of nitrogens with zero attached hydrogens (tertiary/aromatic N) is 2. The van der Waals surface area contributed by atoms with Gasteiger partial charge in [0.1, 0.15) is 0 Å². The van der Waals surface area contributed by atoms with Gasteiger partial charge in [0.15, 0.2) is 5.16 Å². The Kier molecular flexibility index (Phi) is 4.49. The van der Waals surface area contributed by atoms with Gasteiger partial charge in [0.25, 0.3) is 0 Å². The van der Waals surface area contributed by atoms with Crippen molar-refractivity contribution in [3.63, 3.8) is 0 Å². The van der Waals surface area contributed by atoms with E-state index in [4.69, 9.17) is 5.11 Å². The number of carboxylic acids is 1. The minimum absolute atomic E-state index is 0.0189. The zero-order valence-electron chi connectivity index (χ0n) is 11.9. The molecule has 0 saturated carbocycles. The van der Waals surface area contributed by atoms with Gasteiger partial charge in [-0.2, -0.15) is 0 Å². The fourth-order valence-corrected chi connectivity index (χ4v) is 2.79. The van der Waals surface area contributed by atoms with Crippen LogP contribution in [0.3, 0.4) is 0 Å². The summed E-state index contributed by atoms with van der Waals surface area (Å²) >= 11 is 1.25. The van der Waals surface area contributed by atoms with Gasteiger partial charge in [0.05, 0.1) is 11.4 Å². The molecular formula is C15H18N2O2S. The first-order valence-corrected chi connectivity index (χ1v) is 7.50. The van der Waals surface area contributed by atoms with Crippen molar-refractivity contribution in [1.29, 1.82) is 0 Å². The number of hydrogen-bond donors (Lipinski definition) is 1. The van der Waals surface area contributed by atoms with Gasteiger partial charge in [-0.1, -0.05) is 30.8 Å². The Labute approximate surface area is 122 Å². The fourth-order valence-electron chi connectivity index (χ4n) is 2.06. The number of hydrogen-bond acceptors (Lipinski definition) is 3. The Morgan fingerprint density at radius 3 is 2.80 bits per heavy atom. The standard InChI is InChI=1S/C15H18N2O2S/c1-4-12-8-16-15(20-9-14(18)19)17(12)13-7-10(2)5-6-11(13)3/h5-8H,4,9H2,1-3H3,(H,18,19). The minimum Gasteiger partial charge on any atom is -0.481 e. The molecule has 0 unspecified atom stereocenters. The molecule has 1 N–H and O–H groups in total. The average molecular weight is 290 g/mol. The van der Waals surface area contributed by atoms with E-state index >= 15 is 0 Å². The molecule has 1 aromatic carbocycles. The summed E-state index contributed by atoms with van der Waals surface area (Å²) in [6, 6.07) is 6.27. The highest BCUT2D eigenvalue weighted by Crippen LogP contribution is 2.26. The molecule has 0 bridgehead atoms. The number of aromatic nitrogens is 2. The molecule has 0 saturated heterocycles. The molecule has 4 nitrogen and oxygen atoms in total. The predicted molar refractivity (Wildman–Crippen MR) is 80.8 cm³/mol. The van der Waals surface area contributed by atoms with E-state index < -0.39 is 5.97 Å². The average Bonchev–Trinajstić information content (AvgIpc) is 2.82. The third kappa shape index (κ3) is 3.04. The lowest BCUT2D eigenvalue weighted by atomic mass is 10.1. The minimum atomic E-state index is -0.830. The maximum atomic E-state index is 10.8. The van der Waals surface area contributed by atoms with Gasteiger partial charge in [0, 0.05) is 11.9 Å². The van der Waals surface area contributed by atoms with Crippen LogP contribution in [0, 0.1) is 13.8 Å². The largest absolute Gasteiger partial charge is 0.481 e. The van der Waals surface area contributed by atoms with Crippen LogP contribution in [-0.2, 0) is 11.2 Å². The molecule has 0 atom stereocenters. The van der Waals surface area contributed by atoms with Crippen LogP contribution < -0.4 is 0 Å². The fraction of sp³-hybridized carbons (Fsp3) is 0.333. The number of carbonyl (C=O) groups is 1. The number of aliphatic carboxylic acids is 1. The van der Waals surface area contributed by atoms with Crippen LogP contribution in [0.4, 0.5) is 0 Å². The van der Waals surface area contributed by atoms with Crippen LogP contribution in [0.5, 0.6) is 0 Å². The predicted octanol–water partition coefficient (Wildman–Crippen LogP) is 3.23. The van der Waals surface area contributed by atoms with Crippen molar-refractivity contribution in [3.05, 3.63) is 41.2 Å². The van der Waals surface area contributed by atoms with Gasteiger partial charge < -0.3 is 5.11 Å². The lowest BCUT2D eigenvalue weighted by Crippen LogP contribution is -2.05. The molecule has 5 heteroatoms. The second kappa shape index (κ2) is 6.13. The van der Waals surface area contributed by atoms with Crippen LogP contribution in [0.15, 0.2) is 29.6 Å². The Morgan fingerprint density at radius 2 is 2.15 bits per heavy atom. The zero-order chi connectivity index (χ0) is 14.7. The monoisotopic (exact) mass is 290 g/mol. The highest BCUT2D eigenvalue weighted by molar-refractivity contribution is 7.99. The molecule has 2 aromatic rings. The lowest BCUT2D eigenvalue weighted by Gasteiger charge is -2.14. The van der Waals surface area contributed by atoms with Gasteiger partial charge in [0.2, 0.25) is 0 Å². The smallest absolute Gasteiger partial charge is 0.313 e. The summed E-state index contributed by atoms with van der Waals surface area (Å²) in [6.45, 7) is 6.18. The Morgan fingerprint density at radius 1 is 1.40 bits per heavy atom.